The summed E-state index contributed by atoms with van der Waals surface area (Å²) in [6.07, 6.45) is 0. The minimum atomic E-state index is -0.180. The van der Waals surface area contributed by atoms with E-state index >= 15 is 0 Å². The van der Waals surface area contributed by atoms with Gasteiger partial charge in [0.05, 0.1) is 13.2 Å². The zero-order valence-corrected chi connectivity index (χ0v) is 18.7. The maximum atomic E-state index is 12.7. The van der Waals surface area contributed by atoms with Gasteiger partial charge in [-0.2, -0.15) is 0 Å². The van der Waals surface area contributed by atoms with Crippen molar-refractivity contribution >= 4 is 11.7 Å². The average molecular weight is 412 g/mol. The van der Waals surface area contributed by atoms with Crippen LogP contribution in [0, 0.1) is 6.92 Å². The number of aryl methyl sites for hydroxylation is 1. The number of hydrogen-bond acceptors (Lipinski definition) is 6. The van der Waals surface area contributed by atoms with Gasteiger partial charge in [0, 0.05) is 56.0 Å². The van der Waals surface area contributed by atoms with Gasteiger partial charge in [-0.1, -0.05) is 32.0 Å². The molecule has 0 spiro atoms. The number of ether oxygens (including phenoxy) is 1. The highest BCUT2D eigenvalue weighted by Crippen LogP contribution is 2.20. The Labute approximate surface area is 179 Å². The highest BCUT2D eigenvalue weighted by molar-refractivity contribution is 5.81. The van der Waals surface area contributed by atoms with Crippen molar-refractivity contribution in [3.05, 3.63) is 47.4 Å². The van der Waals surface area contributed by atoms with Crippen molar-refractivity contribution in [1.82, 2.24) is 20.2 Å². The van der Waals surface area contributed by atoms with E-state index in [1.54, 1.807) is 7.11 Å². The number of methoxy groups -OCH3 is 1. The molecule has 1 saturated heterocycles. The van der Waals surface area contributed by atoms with E-state index in [1.165, 1.54) is 0 Å². The van der Waals surface area contributed by atoms with Crippen LogP contribution in [0.1, 0.15) is 43.8 Å². The summed E-state index contributed by atoms with van der Waals surface area (Å²) < 4.78 is 5.36. The Morgan fingerprint density at radius 3 is 2.50 bits per heavy atom. The summed E-state index contributed by atoms with van der Waals surface area (Å²) >= 11 is 0. The fourth-order valence-corrected chi connectivity index (χ4v) is 3.68. The van der Waals surface area contributed by atoms with Crippen LogP contribution in [0.3, 0.4) is 0 Å². The number of nitrogens with one attached hydrogen (secondary N) is 1. The van der Waals surface area contributed by atoms with Crippen LogP contribution in [0.4, 0.5) is 5.82 Å². The SMILES string of the molecule is COc1ccccc1CNC(=O)[C@@H](C)N1CCN(c2cc(C)nc(C(C)C)n2)CC1. The molecule has 7 heteroatoms. The van der Waals surface area contributed by atoms with Gasteiger partial charge in [-0.25, -0.2) is 9.97 Å². The second kappa shape index (κ2) is 9.89. The lowest BCUT2D eigenvalue weighted by atomic mass is 10.1. The monoisotopic (exact) mass is 411 g/mol. The number of piperazine rings is 1. The van der Waals surface area contributed by atoms with Crippen molar-refractivity contribution in [3.63, 3.8) is 0 Å². The summed E-state index contributed by atoms with van der Waals surface area (Å²) in [6, 6.07) is 9.62. The molecule has 1 atom stereocenters. The van der Waals surface area contributed by atoms with Crippen LogP contribution in [0.25, 0.3) is 0 Å². The van der Waals surface area contributed by atoms with Crippen molar-refractivity contribution in [3.8, 4) is 5.75 Å². The number of nitrogens with zero attached hydrogens (tertiary/aromatic N) is 4. The summed E-state index contributed by atoms with van der Waals surface area (Å²) in [5.74, 6) is 3.00. The Kier molecular flexibility index (Phi) is 7.26. The number of aromatic nitrogens is 2. The van der Waals surface area contributed by atoms with E-state index < -0.39 is 0 Å². The average Bonchev–Trinajstić information content (AvgIpc) is 2.76. The number of hydrogen-bond donors (Lipinski definition) is 1. The summed E-state index contributed by atoms with van der Waals surface area (Å²) in [5.41, 5.74) is 1.97. The van der Waals surface area contributed by atoms with Crippen LogP contribution in [-0.4, -0.2) is 60.1 Å². The van der Waals surface area contributed by atoms with Crippen molar-refractivity contribution in [2.45, 2.75) is 46.2 Å². The van der Waals surface area contributed by atoms with Crippen LogP contribution >= 0.6 is 0 Å². The van der Waals surface area contributed by atoms with E-state index in [0.717, 1.165) is 54.8 Å². The molecule has 1 N–H and O–H groups in total. The quantitative estimate of drug-likeness (QED) is 0.756. The predicted molar refractivity (Wildman–Crippen MR) is 119 cm³/mol. The van der Waals surface area contributed by atoms with Crippen molar-refractivity contribution in [2.24, 2.45) is 0 Å². The van der Waals surface area contributed by atoms with Gasteiger partial charge in [0.25, 0.3) is 0 Å². The first-order chi connectivity index (χ1) is 14.4. The number of carbonyl (C=O) groups excluding carboxylic acids is 1. The largest absolute Gasteiger partial charge is 0.496 e. The van der Waals surface area contributed by atoms with Gasteiger partial charge in [0.15, 0.2) is 0 Å². The van der Waals surface area contributed by atoms with E-state index in [2.05, 4.69) is 33.9 Å². The zero-order valence-electron chi connectivity index (χ0n) is 18.7. The van der Waals surface area contributed by atoms with Gasteiger partial charge < -0.3 is 15.0 Å². The molecular formula is C23H33N5O2. The highest BCUT2D eigenvalue weighted by Gasteiger charge is 2.26. The predicted octanol–water partition coefficient (Wildman–Crippen LogP) is 2.74. The second-order valence-corrected chi connectivity index (χ2v) is 8.11. The minimum Gasteiger partial charge on any atom is -0.496 e. The molecule has 1 fully saturated rings. The van der Waals surface area contributed by atoms with Crippen LogP contribution in [-0.2, 0) is 11.3 Å². The van der Waals surface area contributed by atoms with Gasteiger partial charge in [0.2, 0.25) is 5.91 Å². The van der Waals surface area contributed by atoms with E-state index in [0.29, 0.717) is 12.5 Å². The zero-order chi connectivity index (χ0) is 21.7. The molecule has 0 unspecified atom stereocenters. The summed E-state index contributed by atoms with van der Waals surface area (Å²) in [6.45, 7) is 12.0. The summed E-state index contributed by atoms with van der Waals surface area (Å²) in [5, 5.41) is 3.05. The number of para-hydroxylation sites is 1. The van der Waals surface area contributed by atoms with Crippen molar-refractivity contribution in [1.29, 1.82) is 0 Å². The molecule has 1 aromatic carbocycles. The smallest absolute Gasteiger partial charge is 0.237 e. The molecule has 1 aromatic heterocycles. The number of rotatable bonds is 7. The van der Waals surface area contributed by atoms with Crippen molar-refractivity contribution in [2.75, 3.05) is 38.2 Å². The lowest BCUT2D eigenvalue weighted by molar-refractivity contribution is -0.126. The molecule has 1 aliphatic rings. The Morgan fingerprint density at radius 2 is 1.83 bits per heavy atom. The Hall–Kier alpha value is -2.67. The molecule has 162 valence electrons. The fourth-order valence-electron chi connectivity index (χ4n) is 3.68. The third kappa shape index (κ3) is 5.27. The molecule has 0 radical (unpaired) electrons. The molecule has 0 aliphatic carbocycles. The van der Waals surface area contributed by atoms with Crippen LogP contribution in [0.5, 0.6) is 5.75 Å². The molecule has 2 heterocycles. The van der Waals surface area contributed by atoms with Crippen LogP contribution in [0.2, 0.25) is 0 Å². The van der Waals surface area contributed by atoms with E-state index in [1.807, 2.05) is 44.2 Å². The molecule has 3 rings (SSSR count). The van der Waals surface area contributed by atoms with E-state index in [9.17, 15) is 4.79 Å². The third-order valence-corrected chi connectivity index (χ3v) is 5.59. The van der Waals surface area contributed by atoms with Gasteiger partial charge in [-0.3, -0.25) is 9.69 Å². The first-order valence-corrected chi connectivity index (χ1v) is 10.6. The highest BCUT2D eigenvalue weighted by atomic mass is 16.5. The number of amides is 1. The first-order valence-electron chi connectivity index (χ1n) is 10.6. The van der Waals surface area contributed by atoms with Gasteiger partial charge >= 0.3 is 0 Å². The maximum absolute atomic E-state index is 12.7. The van der Waals surface area contributed by atoms with E-state index in [-0.39, 0.29) is 11.9 Å². The van der Waals surface area contributed by atoms with Crippen molar-refractivity contribution < 1.29 is 9.53 Å². The molecule has 0 bridgehead atoms. The standard InChI is InChI=1S/C23H33N5O2/c1-16(2)22-25-17(3)14-21(26-22)28-12-10-27(11-13-28)18(4)23(29)24-15-19-8-6-7-9-20(19)30-5/h6-9,14,16,18H,10-13,15H2,1-5H3,(H,24,29)/t18-/m1/s1. The van der Waals surface area contributed by atoms with Gasteiger partial charge in [-0.15, -0.1) is 0 Å². The van der Waals surface area contributed by atoms with Crippen LogP contribution < -0.4 is 15.0 Å². The minimum absolute atomic E-state index is 0.0364. The van der Waals surface area contributed by atoms with Gasteiger partial charge in [0.1, 0.15) is 17.4 Å². The summed E-state index contributed by atoms with van der Waals surface area (Å²) in [4.78, 5) is 26.5. The number of carbonyl (C=O) groups is 1. The number of anilines is 1. The topological polar surface area (TPSA) is 70.6 Å². The fraction of sp³-hybridized carbons (Fsp3) is 0.522. The van der Waals surface area contributed by atoms with Gasteiger partial charge in [-0.05, 0) is 19.9 Å². The molecular weight excluding hydrogens is 378 g/mol. The molecule has 1 amide bonds. The van der Waals surface area contributed by atoms with E-state index in [4.69, 9.17) is 9.72 Å². The lowest BCUT2D eigenvalue weighted by Gasteiger charge is -2.38. The lowest BCUT2D eigenvalue weighted by Crippen LogP contribution is -2.54. The summed E-state index contributed by atoms with van der Waals surface area (Å²) in [7, 11) is 1.64. The maximum Gasteiger partial charge on any atom is 0.237 e. The Bertz CT molecular complexity index is 862. The molecule has 0 saturated carbocycles. The second-order valence-electron chi connectivity index (χ2n) is 8.11. The Morgan fingerprint density at radius 1 is 1.13 bits per heavy atom. The molecule has 30 heavy (non-hydrogen) atoms. The normalized spacial score (nSPS) is 15.9. The molecule has 2 aromatic rings. The third-order valence-electron chi connectivity index (χ3n) is 5.59. The Balaban J connectivity index is 1.55. The molecule has 1 aliphatic heterocycles. The number of benzene rings is 1. The van der Waals surface area contributed by atoms with Crippen LogP contribution in [0.15, 0.2) is 30.3 Å². The first kappa shape index (κ1) is 22.0. The molecule has 7 nitrogen and oxygen atoms in total.